The molecule has 0 saturated carbocycles. The molecular formula is C18H28N2O2. The molecule has 4 heteroatoms. The predicted molar refractivity (Wildman–Crippen MR) is 89.1 cm³/mol. The van der Waals surface area contributed by atoms with E-state index in [0.29, 0.717) is 12.5 Å². The highest BCUT2D eigenvalue weighted by Crippen LogP contribution is 2.29. The lowest BCUT2D eigenvalue weighted by Crippen LogP contribution is -2.52. The van der Waals surface area contributed by atoms with Crippen LogP contribution in [-0.4, -0.2) is 42.3 Å². The Bertz CT molecular complexity index is 482. The molecule has 2 atom stereocenters. The Labute approximate surface area is 133 Å². The van der Waals surface area contributed by atoms with Crippen LogP contribution in [0.15, 0.2) is 30.3 Å². The quantitative estimate of drug-likeness (QED) is 0.930. The van der Waals surface area contributed by atoms with Gasteiger partial charge in [-0.1, -0.05) is 37.3 Å². The molecule has 1 N–H and O–H groups in total. The standard InChI is InChI=1S/C18H28N2O2/c1-5-19-16-13-20(17(21)22-18(2,3)4)12-11-15(16)14-9-7-6-8-10-14/h6-10,15-16,19H,5,11-13H2,1-4H3/t15-,16+/m1/s1. The Kier molecular flexibility index (Phi) is 5.46. The van der Waals surface area contributed by atoms with Gasteiger partial charge in [0, 0.05) is 25.0 Å². The fourth-order valence-electron chi connectivity index (χ4n) is 3.01. The average molecular weight is 304 g/mol. The van der Waals surface area contributed by atoms with Crippen LogP contribution in [0.5, 0.6) is 0 Å². The number of piperidine rings is 1. The number of likely N-dealkylation sites (N-methyl/N-ethyl adjacent to an activating group) is 1. The van der Waals surface area contributed by atoms with Crippen molar-refractivity contribution in [3.63, 3.8) is 0 Å². The highest BCUT2D eigenvalue weighted by atomic mass is 16.6. The minimum Gasteiger partial charge on any atom is -0.444 e. The summed E-state index contributed by atoms with van der Waals surface area (Å²) in [5.41, 5.74) is 0.901. The van der Waals surface area contributed by atoms with Crippen molar-refractivity contribution in [2.24, 2.45) is 0 Å². The minimum absolute atomic E-state index is 0.207. The van der Waals surface area contributed by atoms with Crippen LogP contribution >= 0.6 is 0 Å². The fourth-order valence-corrected chi connectivity index (χ4v) is 3.01. The number of amides is 1. The number of carbonyl (C=O) groups excluding carboxylic acids is 1. The molecule has 4 nitrogen and oxygen atoms in total. The summed E-state index contributed by atoms with van der Waals surface area (Å²) >= 11 is 0. The number of benzene rings is 1. The van der Waals surface area contributed by atoms with Gasteiger partial charge in [0.2, 0.25) is 0 Å². The summed E-state index contributed by atoms with van der Waals surface area (Å²) in [6.07, 6.45) is 0.753. The third-order valence-electron chi connectivity index (χ3n) is 3.96. The van der Waals surface area contributed by atoms with E-state index in [0.717, 1.165) is 19.5 Å². The lowest BCUT2D eigenvalue weighted by molar-refractivity contribution is 0.0172. The number of hydrogen-bond donors (Lipinski definition) is 1. The van der Waals surface area contributed by atoms with Crippen molar-refractivity contribution in [2.75, 3.05) is 19.6 Å². The van der Waals surface area contributed by atoms with E-state index in [2.05, 4.69) is 36.5 Å². The minimum atomic E-state index is -0.443. The number of hydrogen-bond acceptors (Lipinski definition) is 3. The molecule has 1 aromatic rings. The van der Waals surface area contributed by atoms with Gasteiger partial charge in [-0.2, -0.15) is 0 Å². The molecule has 0 unspecified atom stereocenters. The second-order valence-electron chi connectivity index (χ2n) is 6.90. The van der Waals surface area contributed by atoms with Gasteiger partial charge in [-0.3, -0.25) is 0 Å². The average Bonchev–Trinajstić information content (AvgIpc) is 2.47. The molecule has 1 amide bonds. The fraction of sp³-hybridized carbons (Fsp3) is 0.611. The van der Waals surface area contributed by atoms with Crippen molar-refractivity contribution in [3.8, 4) is 0 Å². The first kappa shape index (κ1) is 16.8. The summed E-state index contributed by atoms with van der Waals surface area (Å²) in [5, 5.41) is 3.53. The van der Waals surface area contributed by atoms with Crippen LogP contribution in [-0.2, 0) is 4.74 Å². The summed E-state index contributed by atoms with van der Waals surface area (Å²) in [4.78, 5) is 14.1. The summed E-state index contributed by atoms with van der Waals surface area (Å²) in [6, 6.07) is 10.8. The SMILES string of the molecule is CCN[C@H]1CN(C(=O)OC(C)(C)C)CC[C@@H]1c1ccccc1. The van der Waals surface area contributed by atoms with Gasteiger partial charge in [0.25, 0.3) is 0 Å². The van der Waals surface area contributed by atoms with Crippen LogP contribution in [0, 0.1) is 0 Å². The molecule has 1 heterocycles. The molecule has 2 rings (SSSR count). The summed E-state index contributed by atoms with van der Waals surface area (Å²) in [7, 11) is 0. The molecule has 1 aliphatic heterocycles. The molecule has 122 valence electrons. The molecule has 1 fully saturated rings. The molecule has 22 heavy (non-hydrogen) atoms. The first-order valence-electron chi connectivity index (χ1n) is 8.17. The first-order chi connectivity index (χ1) is 10.4. The Morgan fingerprint density at radius 2 is 2.00 bits per heavy atom. The monoisotopic (exact) mass is 304 g/mol. The van der Waals surface area contributed by atoms with Crippen molar-refractivity contribution in [2.45, 2.75) is 51.7 Å². The van der Waals surface area contributed by atoms with Gasteiger partial charge in [0.1, 0.15) is 5.60 Å². The van der Waals surface area contributed by atoms with E-state index >= 15 is 0 Å². The van der Waals surface area contributed by atoms with E-state index in [-0.39, 0.29) is 12.1 Å². The number of nitrogens with one attached hydrogen (secondary N) is 1. The van der Waals surface area contributed by atoms with E-state index in [9.17, 15) is 4.79 Å². The van der Waals surface area contributed by atoms with E-state index < -0.39 is 5.60 Å². The number of likely N-dealkylation sites (tertiary alicyclic amines) is 1. The summed E-state index contributed by atoms with van der Waals surface area (Å²) in [6.45, 7) is 10.2. The second kappa shape index (κ2) is 7.14. The van der Waals surface area contributed by atoms with Crippen LogP contribution in [0.4, 0.5) is 4.79 Å². The highest BCUT2D eigenvalue weighted by Gasteiger charge is 2.33. The Morgan fingerprint density at radius 1 is 1.32 bits per heavy atom. The van der Waals surface area contributed by atoms with Crippen LogP contribution in [0.25, 0.3) is 0 Å². The highest BCUT2D eigenvalue weighted by molar-refractivity contribution is 5.68. The molecular weight excluding hydrogens is 276 g/mol. The smallest absolute Gasteiger partial charge is 0.410 e. The van der Waals surface area contributed by atoms with Gasteiger partial charge in [0.05, 0.1) is 0 Å². The van der Waals surface area contributed by atoms with Crippen LogP contribution in [0.1, 0.15) is 45.6 Å². The topological polar surface area (TPSA) is 41.6 Å². The van der Waals surface area contributed by atoms with Crippen molar-refractivity contribution < 1.29 is 9.53 Å². The first-order valence-corrected chi connectivity index (χ1v) is 8.17. The van der Waals surface area contributed by atoms with Gasteiger partial charge in [-0.25, -0.2) is 4.79 Å². The lowest BCUT2D eigenvalue weighted by Gasteiger charge is -2.39. The van der Waals surface area contributed by atoms with Crippen molar-refractivity contribution in [1.29, 1.82) is 0 Å². The maximum atomic E-state index is 12.3. The number of nitrogens with zero attached hydrogens (tertiary/aromatic N) is 1. The van der Waals surface area contributed by atoms with E-state index in [1.807, 2.05) is 31.7 Å². The summed E-state index contributed by atoms with van der Waals surface area (Å²) in [5.74, 6) is 0.444. The van der Waals surface area contributed by atoms with E-state index in [1.54, 1.807) is 0 Å². The van der Waals surface area contributed by atoms with Crippen LogP contribution in [0.2, 0.25) is 0 Å². The maximum absolute atomic E-state index is 12.3. The number of ether oxygens (including phenoxy) is 1. The maximum Gasteiger partial charge on any atom is 0.410 e. The second-order valence-corrected chi connectivity index (χ2v) is 6.90. The normalized spacial score (nSPS) is 22.5. The van der Waals surface area contributed by atoms with Crippen molar-refractivity contribution in [3.05, 3.63) is 35.9 Å². The number of carbonyl (C=O) groups is 1. The Morgan fingerprint density at radius 3 is 2.59 bits per heavy atom. The van der Waals surface area contributed by atoms with Gasteiger partial charge in [-0.15, -0.1) is 0 Å². The molecule has 0 spiro atoms. The zero-order chi connectivity index (χ0) is 16.2. The number of rotatable bonds is 3. The van der Waals surface area contributed by atoms with Gasteiger partial charge in [0.15, 0.2) is 0 Å². The van der Waals surface area contributed by atoms with Crippen molar-refractivity contribution in [1.82, 2.24) is 10.2 Å². The predicted octanol–water partition coefficient (Wildman–Crippen LogP) is 3.39. The third kappa shape index (κ3) is 4.47. The lowest BCUT2D eigenvalue weighted by atomic mass is 9.85. The molecule has 0 bridgehead atoms. The van der Waals surface area contributed by atoms with Crippen LogP contribution in [0.3, 0.4) is 0 Å². The Hall–Kier alpha value is -1.55. The Balaban J connectivity index is 2.06. The molecule has 0 aliphatic carbocycles. The third-order valence-corrected chi connectivity index (χ3v) is 3.96. The largest absolute Gasteiger partial charge is 0.444 e. The van der Waals surface area contributed by atoms with Crippen molar-refractivity contribution >= 4 is 6.09 Å². The molecule has 1 aromatic carbocycles. The molecule has 1 aliphatic rings. The van der Waals surface area contributed by atoms with E-state index in [4.69, 9.17) is 4.74 Å². The molecule has 0 aromatic heterocycles. The molecule has 1 saturated heterocycles. The zero-order valence-corrected chi connectivity index (χ0v) is 14.1. The van der Waals surface area contributed by atoms with Gasteiger partial charge >= 0.3 is 6.09 Å². The van der Waals surface area contributed by atoms with E-state index in [1.165, 1.54) is 5.56 Å². The molecule has 0 radical (unpaired) electrons. The summed E-state index contributed by atoms with van der Waals surface area (Å²) < 4.78 is 5.50. The van der Waals surface area contributed by atoms with Gasteiger partial charge < -0.3 is 15.0 Å². The zero-order valence-electron chi connectivity index (χ0n) is 14.1. The van der Waals surface area contributed by atoms with Crippen LogP contribution < -0.4 is 5.32 Å². The van der Waals surface area contributed by atoms with Gasteiger partial charge in [-0.05, 0) is 39.3 Å².